The molecule has 39 heavy (non-hydrogen) atoms. The first-order valence-corrected chi connectivity index (χ1v) is 13.6. The fraction of sp³-hybridized carbons (Fsp3) is 0.367. The van der Waals surface area contributed by atoms with Crippen molar-refractivity contribution in [2.45, 2.75) is 39.2 Å². The molecule has 3 aromatic heterocycles. The molecule has 0 spiro atoms. The number of carbonyl (C=O) groups is 1. The van der Waals surface area contributed by atoms with Gasteiger partial charge in [0, 0.05) is 68.4 Å². The van der Waals surface area contributed by atoms with Crippen LogP contribution in [0.2, 0.25) is 0 Å². The van der Waals surface area contributed by atoms with Crippen LogP contribution in [0.4, 0.5) is 11.5 Å². The van der Waals surface area contributed by atoms with E-state index in [0.717, 1.165) is 35.5 Å². The Labute approximate surface area is 227 Å². The molecule has 200 valence electrons. The highest BCUT2D eigenvalue weighted by Crippen LogP contribution is 2.29. The molecule has 0 radical (unpaired) electrons. The van der Waals surface area contributed by atoms with E-state index in [4.69, 9.17) is 14.1 Å². The number of rotatable bonds is 7. The Kier molecular flexibility index (Phi) is 7.31. The van der Waals surface area contributed by atoms with Gasteiger partial charge in [-0.25, -0.2) is 4.98 Å². The topological polar surface area (TPSA) is 97.5 Å². The molecule has 9 nitrogen and oxygen atoms in total. The minimum Gasteiger partial charge on any atom is -0.421 e. The lowest BCUT2D eigenvalue weighted by molar-refractivity contribution is -0.125. The number of aryl methyl sites for hydroxylation is 1. The van der Waals surface area contributed by atoms with E-state index >= 15 is 0 Å². The number of hydrogen-bond acceptors (Lipinski definition) is 8. The molecule has 1 amide bonds. The van der Waals surface area contributed by atoms with Crippen molar-refractivity contribution in [1.82, 2.24) is 20.2 Å². The van der Waals surface area contributed by atoms with Crippen molar-refractivity contribution in [3.63, 3.8) is 0 Å². The number of benzene rings is 1. The van der Waals surface area contributed by atoms with E-state index in [1.165, 1.54) is 18.5 Å². The quantitative estimate of drug-likeness (QED) is 0.331. The Hall–Kier alpha value is -4.11. The van der Waals surface area contributed by atoms with Gasteiger partial charge in [-0.2, -0.15) is 0 Å². The Morgan fingerprint density at radius 1 is 1.00 bits per heavy atom. The van der Waals surface area contributed by atoms with Crippen LogP contribution in [0.5, 0.6) is 0 Å². The van der Waals surface area contributed by atoms with Gasteiger partial charge in [0.25, 0.3) is 0 Å². The maximum atomic E-state index is 13.8. The highest BCUT2D eigenvalue weighted by Gasteiger charge is 2.29. The van der Waals surface area contributed by atoms with Crippen LogP contribution >= 0.6 is 0 Å². The normalized spacial score (nSPS) is 16.0. The average Bonchev–Trinajstić information content (AvgIpc) is 3.69. The summed E-state index contributed by atoms with van der Waals surface area (Å²) in [6.45, 7) is 5.50. The summed E-state index contributed by atoms with van der Waals surface area (Å²) in [6, 6.07) is 16.3. The Bertz CT molecular complexity index is 1420. The molecule has 2 aliphatic rings. The summed E-state index contributed by atoms with van der Waals surface area (Å²) < 4.78 is 11.1. The van der Waals surface area contributed by atoms with Crippen LogP contribution in [0.1, 0.15) is 37.1 Å². The summed E-state index contributed by atoms with van der Waals surface area (Å²) in [6.07, 6.45) is 7.40. The van der Waals surface area contributed by atoms with Crippen LogP contribution < -0.4 is 9.80 Å². The van der Waals surface area contributed by atoms with Crippen LogP contribution in [0.3, 0.4) is 0 Å². The zero-order valence-corrected chi connectivity index (χ0v) is 22.1. The number of hydrogen-bond donors (Lipinski definition) is 0. The molecule has 2 aliphatic heterocycles. The first kappa shape index (κ1) is 25.2. The van der Waals surface area contributed by atoms with Crippen LogP contribution in [-0.4, -0.2) is 52.4 Å². The van der Waals surface area contributed by atoms with Crippen molar-refractivity contribution in [2.24, 2.45) is 5.92 Å². The molecule has 0 atom stereocenters. The Morgan fingerprint density at radius 2 is 1.85 bits per heavy atom. The van der Waals surface area contributed by atoms with Gasteiger partial charge in [-0.05, 0) is 61.6 Å². The van der Waals surface area contributed by atoms with Crippen molar-refractivity contribution >= 4 is 17.4 Å². The number of nitrogens with zero attached hydrogens (tertiary/aromatic N) is 6. The van der Waals surface area contributed by atoms with Gasteiger partial charge >= 0.3 is 0 Å². The smallest absolute Gasteiger partial charge is 0.247 e. The highest BCUT2D eigenvalue weighted by atomic mass is 16.5. The van der Waals surface area contributed by atoms with Gasteiger partial charge in [-0.1, -0.05) is 18.2 Å². The number of pyridine rings is 2. The molecule has 2 fully saturated rings. The molecule has 0 aliphatic carbocycles. The summed E-state index contributed by atoms with van der Waals surface area (Å²) in [7, 11) is 0. The summed E-state index contributed by atoms with van der Waals surface area (Å²) in [5.41, 5.74) is 4.89. The standard InChI is InChI=1S/C30H32N6O3/c1-21-33-34-29(39-21)25-9-12-31-28(18-25)36(30(37)23-10-15-38-16-11-23)20-22-7-8-27(32-19-22)24-5-4-6-26(17-24)35-13-2-3-14-35/h4-9,12,17-19,23H,2-3,10-11,13-16,20H2,1H3. The zero-order chi connectivity index (χ0) is 26.6. The fourth-order valence-electron chi connectivity index (χ4n) is 5.26. The van der Waals surface area contributed by atoms with E-state index in [-0.39, 0.29) is 11.8 Å². The molecule has 4 aromatic rings. The van der Waals surface area contributed by atoms with Gasteiger partial charge in [-0.15, -0.1) is 10.2 Å². The van der Waals surface area contributed by atoms with Crippen molar-refractivity contribution in [1.29, 1.82) is 0 Å². The lowest BCUT2D eigenvalue weighted by Gasteiger charge is -2.29. The molecule has 0 N–H and O–H groups in total. The maximum absolute atomic E-state index is 13.8. The summed E-state index contributed by atoms with van der Waals surface area (Å²) in [5.74, 6) is 1.34. The predicted octanol–water partition coefficient (Wildman–Crippen LogP) is 5.06. The third kappa shape index (κ3) is 5.68. The zero-order valence-electron chi connectivity index (χ0n) is 22.1. The van der Waals surface area contributed by atoms with E-state index in [0.29, 0.717) is 50.2 Å². The van der Waals surface area contributed by atoms with Crippen LogP contribution in [0, 0.1) is 12.8 Å². The maximum Gasteiger partial charge on any atom is 0.247 e. The molecule has 5 heterocycles. The lowest BCUT2D eigenvalue weighted by Crippen LogP contribution is -2.38. The second-order valence-electron chi connectivity index (χ2n) is 10.1. The largest absolute Gasteiger partial charge is 0.421 e. The van der Waals surface area contributed by atoms with Gasteiger partial charge in [0.2, 0.25) is 17.7 Å². The predicted molar refractivity (Wildman–Crippen MR) is 148 cm³/mol. The second-order valence-corrected chi connectivity index (χ2v) is 10.1. The third-order valence-electron chi connectivity index (χ3n) is 7.41. The monoisotopic (exact) mass is 524 g/mol. The van der Waals surface area contributed by atoms with Gasteiger partial charge in [0.05, 0.1) is 12.2 Å². The Balaban J connectivity index is 1.26. The molecular weight excluding hydrogens is 492 g/mol. The Morgan fingerprint density at radius 3 is 2.59 bits per heavy atom. The molecule has 6 rings (SSSR count). The molecule has 0 saturated carbocycles. The fourth-order valence-corrected chi connectivity index (χ4v) is 5.26. The first-order valence-electron chi connectivity index (χ1n) is 13.6. The number of anilines is 2. The van der Waals surface area contributed by atoms with Crippen molar-refractivity contribution in [3.05, 3.63) is 72.4 Å². The van der Waals surface area contributed by atoms with Gasteiger partial charge in [0.1, 0.15) is 5.82 Å². The third-order valence-corrected chi connectivity index (χ3v) is 7.41. The molecule has 9 heteroatoms. The van der Waals surface area contributed by atoms with Gasteiger partial charge in [-0.3, -0.25) is 14.7 Å². The molecule has 1 aromatic carbocycles. The number of ether oxygens (including phenoxy) is 1. The van der Waals surface area contributed by atoms with E-state index in [9.17, 15) is 4.79 Å². The van der Waals surface area contributed by atoms with Gasteiger partial charge in [0.15, 0.2) is 0 Å². The average molecular weight is 525 g/mol. The summed E-state index contributed by atoms with van der Waals surface area (Å²) >= 11 is 0. The number of amides is 1. The minimum absolute atomic E-state index is 0.0343. The van der Waals surface area contributed by atoms with E-state index in [1.54, 1.807) is 24.1 Å². The molecule has 0 unspecified atom stereocenters. The van der Waals surface area contributed by atoms with Crippen molar-refractivity contribution < 1.29 is 13.9 Å². The van der Waals surface area contributed by atoms with E-state index in [2.05, 4.69) is 44.3 Å². The first-order chi connectivity index (χ1) is 19.1. The lowest BCUT2D eigenvalue weighted by atomic mass is 9.98. The van der Waals surface area contributed by atoms with E-state index in [1.807, 2.05) is 24.4 Å². The van der Waals surface area contributed by atoms with Gasteiger partial charge < -0.3 is 14.1 Å². The molecule has 2 saturated heterocycles. The highest BCUT2D eigenvalue weighted by molar-refractivity contribution is 5.94. The molecular formula is C30H32N6O3. The summed E-state index contributed by atoms with van der Waals surface area (Å²) in [5, 5.41) is 8.06. The second kappa shape index (κ2) is 11.3. The summed E-state index contributed by atoms with van der Waals surface area (Å²) in [4.78, 5) is 27.3. The van der Waals surface area contributed by atoms with Crippen LogP contribution in [0.25, 0.3) is 22.7 Å². The van der Waals surface area contributed by atoms with Crippen LogP contribution in [-0.2, 0) is 16.1 Å². The van der Waals surface area contributed by atoms with Crippen molar-refractivity contribution in [3.8, 4) is 22.7 Å². The van der Waals surface area contributed by atoms with Crippen molar-refractivity contribution in [2.75, 3.05) is 36.1 Å². The molecule has 0 bridgehead atoms. The SMILES string of the molecule is Cc1nnc(-c2ccnc(N(Cc3ccc(-c4cccc(N5CCCC5)c4)nc3)C(=O)C3CCOCC3)c2)o1. The number of aromatic nitrogens is 4. The van der Waals surface area contributed by atoms with Crippen LogP contribution in [0.15, 0.2) is 65.3 Å². The van der Waals surface area contributed by atoms with E-state index < -0.39 is 0 Å². The minimum atomic E-state index is -0.115. The number of carbonyl (C=O) groups excluding carboxylic acids is 1.